The Balaban J connectivity index is 2.18. The summed E-state index contributed by atoms with van der Waals surface area (Å²) in [6.45, 7) is 0. The molecule has 3 rings (SSSR count). The summed E-state index contributed by atoms with van der Waals surface area (Å²) < 4.78 is 19.1. The summed E-state index contributed by atoms with van der Waals surface area (Å²) in [5.74, 6) is -0.270. The fourth-order valence-corrected chi connectivity index (χ4v) is 2.24. The lowest BCUT2D eigenvalue weighted by atomic mass is 10.2. The van der Waals surface area contributed by atoms with Crippen LogP contribution in [0.5, 0.6) is 11.6 Å². The van der Waals surface area contributed by atoms with E-state index in [1.54, 1.807) is 18.2 Å². The van der Waals surface area contributed by atoms with Crippen LogP contribution in [0.25, 0.3) is 10.8 Å². The van der Waals surface area contributed by atoms with Crippen LogP contribution in [-0.4, -0.2) is 9.97 Å². The zero-order chi connectivity index (χ0) is 14.1. The van der Waals surface area contributed by atoms with Crippen LogP contribution in [0.3, 0.4) is 0 Å². The summed E-state index contributed by atoms with van der Waals surface area (Å²) in [4.78, 5) is 8.02. The highest BCUT2D eigenvalue weighted by Gasteiger charge is 2.14. The molecule has 0 saturated heterocycles. The molecule has 1 aromatic carbocycles. The summed E-state index contributed by atoms with van der Waals surface area (Å²) in [7, 11) is 0. The minimum Gasteiger partial charge on any atom is -0.435 e. The van der Waals surface area contributed by atoms with Crippen molar-refractivity contribution in [3.05, 3.63) is 58.7 Å². The Morgan fingerprint density at radius 3 is 2.65 bits per heavy atom. The van der Waals surface area contributed by atoms with Gasteiger partial charge in [0.25, 0.3) is 0 Å². The van der Waals surface area contributed by atoms with Crippen molar-refractivity contribution < 1.29 is 9.13 Å². The molecule has 0 aliphatic heterocycles. The van der Waals surface area contributed by atoms with E-state index in [1.807, 2.05) is 0 Å². The van der Waals surface area contributed by atoms with E-state index in [4.69, 9.17) is 27.9 Å². The van der Waals surface area contributed by atoms with E-state index in [9.17, 15) is 4.39 Å². The molecule has 0 amide bonds. The van der Waals surface area contributed by atoms with Crippen molar-refractivity contribution in [1.82, 2.24) is 9.97 Å². The van der Waals surface area contributed by atoms with Gasteiger partial charge in [-0.05, 0) is 18.2 Å². The van der Waals surface area contributed by atoms with Crippen LogP contribution < -0.4 is 4.74 Å². The maximum atomic E-state index is 13.6. The first kappa shape index (κ1) is 13.1. The van der Waals surface area contributed by atoms with Gasteiger partial charge < -0.3 is 4.74 Å². The second-order valence-corrected chi connectivity index (χ2v) is 4.73. The molecule has 0 spiro atoms. The van der Waals surface area contributed by atoms with E-state index in [0.29, 0.717) is 15.8 Å². The van der Waals surface area contributed by atoms with Crippen LogP contribution in [0.1, 0.15) is 0 Å². The van der Waals surface area contributed by atoms with Gasteiger partial charge >= 0.3 is 0 Å². The first-order valence-electron chi connectivity index (χ1n) is 5.68. The molecule has 100 valence electrons. The molecule has 0 aliphatic rings. The highest BCUT2D eigenvalue weighted by Crippen LogP contribution is 2.35. The number of para-hydroxylation sites is 1. The average Bonchev–Trinajstić information content (AvgIpc) is 2.44. The third-order valence-electron chi connectivity index (χ3n) is 2.71. The molecule has 0 bridgehead atoms. The molecule has 0 radical (unpaired) electrons. The van der Waals surface area contributed by atoms with Crippen LogP contribution in [0.15, 0.2) is 42.7 Å². The lowest BCUT2D eigenvalue weighted by molar-refractivity contribution is 0.432. The van der Waals surface area contributed by atoms with Crippen molar-refractivity contribution in [2.24, 2.45) is 0 Å². The number of ether oxygens (including phenoxy) is 1. The number of fused-ring (bicyclic) bond motifs is 1. The van der Waals surface area contributed by atoms with Crippen LogP contribution in [0.4, 0.5) is 4.39 Å². The molecule has 0 N–H and O–H groups in total. The maximum Gasteiger partial charge on any atom is 0.230 e. The largest absolute Gasteiger partial charge is 0.435 e. The van der Waals surface area contributed by atoms with E-state index in [0.717, 1.165) is 0 Å². The summed E-state index contributed by atoms with van der Waals surface area (Å²) >= 11 is 12.1. The number of hydrogen-bond acceptors (Lipinski definition) is 3. The van der Waals surface area contributed by atoms with Crippen molar-refractivity contribution >= 4 is 34.0 Å². The van der Waals surface area contributed by atoms with Gasteiger partial charge in [-0.15, -0.1) is 0 Å². The Morgan fingerprint density at radius 1 is 1.05 bits per heavy atom. The number of nitrogens with zero attached hydrogens (tertiary/aromatic N) is 2. The maximum absolute atomic E-state index is 13.6. The van der Waals surface area contributed by atoms with E-state index in [-0.39, 0.29) is 16.8 Å². The van der Waals surface area contributed by atoms with E-state index >= 15 is 0 Å². The molecule has 0 saturated carbocycles. The van der Waals surface area contributed by atoms with E-state index in [1.165, 1.54) is 24.5 Å². The van der Waals surface area contributed by atoms with Crippen LogP contribution >= 0.6 is 23.2 Å². The van der Waals surface area contributed by atoms with Gasteiger partial charge in [-0.25, -0.2) is 14.4 Å². The molecule has 6 heteroatoms. The van der Waals surface area contributed by atoms with Crippen LogP contribution in [0, 0.1) is 5.82 Å². The monoisotopic (exact) mass is 308 g/mol. The molecule has 0 fully saturated rings. The number of pyridine rings is 2. The van der Waals surface area contributed by atoms with E-state index in [2.05, 4.69) is 9.97 Å². The van der Waals surface area contributed by atoms with Crippen LogP contribution in [-0.2, 0) is 0 Å². The number of aromatic nitrogens is 2. The third-order valence-corrected chi connectivity index (χ3v) is 3.30. The van der Waals surface area contributed by atoms with Gasteiger partial charge in [-0.1, -0.05) is 35.3 Å². The Hall–Kier alpha value is -1.91. The molecular formula is C14H7Cl2FN2O. The fraction of sp³-hybridized carbons (Fsp3) is 0. The van der Waals surface area contributed by atoms with Gasteiger partial charge in [0.2, 0.25) is 5.88 Å². The summed E-state index contributed by atoms with van der Waals surface area (Å²) in [5.41, 5.74) is 0. The van der Waals surface area contributed by atoms with Gasteiger partial charge in [0.1, 0.15) is 5.15 Å². The summed E-state index contributed by atoms with van der Waals surface area (Å²) in [5, 5.41) is 1.71. The van der Waals surface area contributed by atoms with Crippen molar-refractivity contribution in [2.45, 2.75) is 0 Å². The molecule has 20 heavy (non-hydrogen) atoms. The highest BCUT2D eigenvalue weighted by molar-refractivity contribution is 6.39. The third kappa shape index (κ3) is 2.28. The standard InChI is InChI=1S/C14H7Cl2FN2O/c15-9-7-19-14(12-8(9)5-6-18-13(12)16)20-11-4-2-1-3-10(11)17/h1-7H. The van der Waals surface area contributed by atoms with E-state index < -0.39 is 5.82 Å². The fourth-order valence-electron chi connectivity index (χ4n) is 1.80. The summed E-state index contributed by atoms with van der Waals surface area (Å²) in [6, 6.07) is 7.73. The number of rotatable bonds is 2. The number of halogens is 3. The predicted octanol–water partition coefficient (Wildman–Crippen LogP) is 4.87. The van der Waals surface area contributed by atoms with Crippen molar-refractivity contribution in [1.29, 1.82) is 0 Å². The molecule has 3 aromatic rings. The SMILES string of the molecule is Fc1ccccc1Oc1ncc(Cl)c2ccnc(Cl)c12. The molecular weight excluding hydrogens is 302 g/mol. The Kier molecular flexibility index (Phi) is 3.42. The predicted molar refractivity (Wildman–Crippen MR) is 76.0 cm³/mol. The molecule has 0 aliphatic carbocycles. The highest BCUT2D eigenvalue weighted by atomic mass is 35.5. The first-order valence-corrected chi connectivity index (χ1v) is 6.43. The number of benzene rings is 1. The molecule has 2 aromatic heterocycles. The minimum atomic E-state index is -0.489. The molecule has 3 nitrogen and oxygen atoms in total. The van der Waals surface area contributed by atoms with Gasteiger partial charge in [-0.3, -0.25) is 0 Å². The second-order valence-electron chi connectivity index (χ2n) is 3.97. The zero-order valence-electron chi connectivity index (χ0n) is 9.98. The van der Waals surface area contributed by atoms with Gasteiger partial charge in [0.15, 0.2) is 11.6 Å². The normalized spacial score (nSPS) is 10.8. The Labute approximate surface area is 123 Å². The quantitative estimate of drug-likeness (QED) is 0.634. The topological polar surface area (TPSA) is 35.0 Å². The smallest absolute Gasteiger partial charge is 0.230 e. The van der Waals surface area contributed by atoms with Gasteiger partial charge in [-0.2, -0.15) is 0 Å². The minimum absolute atomic E-state index is 0.0588. The zero-order valence-corrected chi connectivity index (χ0v) is 11.5. The Bertz CT molecular complexity index is 795. The lowest BCUT2D eigenvalue weighted by Crippen LogP contribution is -1.93. The number of hydrogen-bond donors (Lipinski definition) is 0. The lowest BCUT2D eigenvalue weighted by Gasteiger charge is -2.10. The van der Waals surface area contributed by atoms with Gasteiger partial charge in [0.05, 0.1) is 16.6 Å². The van der Waals surface area contributed by atoms with Crippen LogP contribution in [0.2, 0.25) is 10.2 Å². The van der Waals surface area contributed by atoms with Crippen molar-refractivity contribution in [3.8, 4) is 11.6 Å². The molecule has 0 atom stereocenters. The van der Waals surface area contributed by atoms with Crippen molar-refractivity contribution in [2.75, 3.05) is 0 Å². The molecule has 0 unspecified atom stereocenters. The second kappa shape index (κ2) is 5.23. The first-order chi connectivity index (χ1) is 9.66. The van der Waals surface area contributed by atoms with Crippen molar-refractivity contribution in [3.63, 3.8) is 0 Å². The average molecular weight is 309 g/mol. The summed E-state index contributed by atoms with van der Waals surface area (Å²) in [6.07, 6.45) is 2.96. The molecule has 2 heterocycles. The van der Waals surface area contributed by atoms with Gasteiger partial charge in [0, 0.05) is 11.6 Å². The Morgan fingerprint density at radius 2 is 1.85 bits per heavy atom.